The molecule has 2 heterocycles. The molecule has 0 spiro atoms. The van der Waals surface area contributed by atoms with Crippen LogP contribution in [0.4, 0.5) is 0 Å². The number of rotatable bonds is 1. The van der Waals surface area contributed by atoms with E-state index in [1.165, 1.54) is 11.3 Å². The number of thiophene rings is 1. The van der Waals surface area contributed by atoms with Crippen molar-refractivity contribution in [1.29, 1.82) is 0 Å². The quantitative estimate of drug-likeness (QED) is 0.752. The first-order chi connectivity index (χ1) is 8.70. The fourth-order valence-corrected chi connectivity index (χ4v) is 3.48. The molecule has 18 heavy (non-hydrogen) atoms. The molecule has 96 valence electrons. The summed E-state index contributed by atoms with van der Waals surface area (Å²) >= 11 is 1.45. The van der Waals surface area contributed by atoms with E-state index in [1.54, 1.807) is 11.0 Å². The second-order valence-electron chi connectivity index (χ2n) is 3.85. The lowest BCUT2D eigenvalue weighted by Crippen LogP contribution is -2.41. The van der Waals surface area contributed by atoms with Gasteiger partial charge in [-0.2, -0.15) is 0 Å². The smallest absolute Gasteiger partial charge is 0.254 e. The second-order valence-corrected chi connectivity index (χ2v) is 6.45. The third-order valence-electron chi connectivity index (χ3n) is 2.63. The Labute approximate surface area is 113 Å². The summed E-state index contributed by atoms with van der Waals surface area (Å²) in [6.45, 7) is 1.47. The van der Waals surface area contributed by atoms with Gasteiger partial charge in [0.2, 0.25) is 0 Å². The van der Waals surface area contributed by atoms with Crippen LogP contribution in [0.15, 0.2) is 11.4 Å². The number of nitrogens with zero attached hydrogens (tertiary/aromatic N) is 1. The molecule has 2 rings (SSSR count). The van der Waals surface area contributed by atoms with E-state index in [-0.39, 0.29) is 5.91 Å². The lowest BCUT2D eigenvalue weighted by molar-refractivity contribution is 0.0772. The summed E-state index contributed by atoms with van der Waals surface area (Å²) < 4.78 is 11.2. The van der Waals surface area contributed by atoms with Gasteiger partial charge in [0, 0.05) is 40.8 Å². The van der Waals surface area contributed by atoms with E-state index in [1.807, 2.05) is 5.38 Å². The molecule has 0 unspecified atom stereocenters. The lowest BCUT2D eigenvalue weighted by atomic mass is 10.2. The van der Waals surface area contributed by atoms with Crippen molar-refractivity contribution < 1.29 is 9.00 Å². The van der Waals surface area contributed by atoms with Crippen LogP contribution >= 0.6 is 11.3 Å². The van der Waals surface area contributed by atoms with Gasteiger partial charge in [0.1, 0.15) is 0 Å². The van der Waals surface area contributed by atoms with Crippen molar-refractivity contribution in [2.45, 2.75) is 0 Å². The Kier molecular flexibility index (Phi) is 4.53. The average molecular weight is 282 g/mol. The van der Waals surface area contributed by atoms with Gasteiger partial charge in [0.25, 0.3) is 5.91 Å². The molecule has 0 aliphatic carbocycles. The van der Waals surface area contributed by atoms with Gasteiger partial charge in [-0.05, 0) is 6.07 Å². The number of carbonyl (C=O) groups excluding carboxylic acids is 1. The summed E-state index contributed by atoms with van der Waals surface area (Å²) in [5.74, 6) is 6.84. The molecule has 0 radical (unpaired) electrons. The maximum atomic E-state index is 12.2. The first kappa shape index (κ1) is 13.3. The molecule has 0 bridgehead atoms. The lowest BCUT2D eigenvalue weighted by Gasteiger charge is -2.25. The van der Waals surface area contributed by atoms with E-state index in [0.29, 0.717) is 36.7 Å². The van der Waals surface area contributed by atoms with Crippen LogP contribution in [0.25, 0.3) is 0 Å². The first-order valence-corrected chi connectivity index (χ1v) is 7.99. The minimum absolute atomic E-state index is 0.00347. The van der Waals surface area contributed by atoms with Crippen LogP contribution in [0.3, 0.4) is 0 Å². The average Bonchev–Trinajstić information content (AvgIpc) is 2.85. The molecule has 1 saturated heterocycles. The van der Waals surface area contributed by atoms with Gasteiger partial charge in [-0.15, -0.1) is 11.3 Å². The third-order valence-corrected chi connectivity index (χ3v) is 4.75. The van der Waals surface area contributed by atoms with Gasteiger partial charge in [-0.25, -0.2) is 0 Å². The van der Waals surface area contributed by atoms with Crippen molar-refractivity contribution in [3.8, 4) is 11.8 Å². The van der Waals surface area contributed by atoms with Crippen LogP contribution < -0.4 is 5.73 Å². The monoisotopic (exact) mass is 282 g/mol. The van der Waals surface area contributed by atoms with Gasteiger partial charge in [0.05, 0.1) is 17.0 Å². The zero-order chi connectivity index (χ0) is 13.0. The van der Waals surface area contributed by atoms with E-state index in [4.69, 9.17) is 5.73 Å². The van der Waals surface area contributed by atoms with Crippen LogP contribution in [0.2, 0.25) is 0 Å². The molecule has 4 nitrogen and oxygen atoms in total. The molecule has 0 saturated carbocycles. The summed E-state index contributed by atoms with van der Waals surface area (Å²) in [5, 5.41) is 1.81. The topological polar surface area (TPSA) is 63.4 Å². The Bertz CT molecular complexity index is 518. The van der Waals surface area contributed by atoms with Gasteiger partial charge < -0.3 is 10.6 Å². The highest BCUT2D eigenvalue weighted by Gasteiger charge is 2.21. The highest BCUT2D eigenvalue weighted by molar-refractivity contribution is 7.85. The predicted molar refractivity (Wildman–Crippen MR) is 74.0 cm³/mol. The summed E-state index contributed by atoms with van der Waals surface area (Å²) in [6, 6.07) is 1.79. The van der Waals surface area contributed by atoms with Crippen molar-refractivity contribution in [2.24, 2.45) is 5.73 Å². The molecule has 6 heteroatoms. The standard InChI is InChI=1S/C12H14N2O2S2/c13-3-1-2-11-8-10(9-17-11)12(15)14-4-6-18(16)7-5-14/h8-9H,3-7,13H2. The Morgan fingerprint density at radius 1 is 1.50 bits per heavy atom. The maximum absolute atomic E-state index is 12.2. The van der Waals surface area contributed by atoms with Crippen LogP contribution in [0.1, 0.15) is 15.2 Å². The molecule has 1 aromatic heterocycles. The maximum Gasteiger partial charge on any atom is 0.254 e. The number of hydrogen-bond acceptors (Lipinski definition) is 4. The van der Waals surface area contributed by atoms with E-state index < -0.39 is 10.8 Å². The Balaban J connectivity index is 2.04. The van der Waals surface area contributed by atoms with Crippen molar-refractivity contribution in [2.75, 3.05) is 31.1 Å². The van der Waals surface area contributed by atoms with Crippen LogP contribution in [-0.2, 0) is 10.8 Å². The normalized spacial score (nSPS) is 16.2. The predicted octanol–water partition coefficient (Wildman–Crippen LogP) is 0.263. The fourth-order valence-electron chi connectivity index (χ4n) is 1.68. The number of carbonyl (C=O) groups is 1. The largest absolute Gasteiger partial charge is 0.337 e. The van der Waals surface area contributed by atoms with Crippen molar-refractivity contribution >= 4 is 28.0 Å². The summed E-state index contributed by atoms with van der Waals surface area (Å²) in [7, 11) is -0.760. The molecule has 1 aliphatic heterocycles. The van der Waals surface area contributed by atoms with Crippen molar-refractivity contribution in [1.82, 2.24) is 4.90 Å². The summed E-state index contributed by atoms with van der Waals surface area (Å²) in [4.78, 5) is 14.8. The zero-order valence-electron chi connectivity index (χ0n) is 9.85. The van der Waals surface area contributed by atoms with E-state index in [9.17, 15) is 9.00 Å². The summed E-state index contributed by atoms with van der Waals surface area (Å²) in [5.41, 5.74) is 5.96. The number of amides is 1. The molecule has 0 atom stereocenters. The third kappa shape index (κ3) is 3.19. The molecule has 1 aromatic rings. The molecule has 0 aromatic carbocycles. The Hall–Kier alpha value is -1.16. The van der Waals surface area contributed by atoms with Crippen LogP contribution in [-0.4, -0.2) is 46.2 Å². The highest BCUT2D eigenvalue weighted by atomic mass is 32.2. The molecular formula is C12H14N2O2S2. The van der Waals surface area contributed by atoms with Gasteiger partial charge in [-0.3, -0.25) is 9.00 Å². The zero-order valence-corrected chi connectivity index (χ0v) is 11.5. The van der Waals surface area contributed by atoms with Crippen LogP contribution in [0.5, 0.6) is 0 Å². The number of nitrogens with two attached hydrogens (primary N) is 1. The first-order valence-electron chi connectivity index (χ1n) is 5.62. The minimum Gasteiger partial charge on any atom is -0.337 e. The van der Waals surface area contributed by atoms with Gasteiger partial charge in [0.15, 0.2) is 0 Å². The van der Waals surface area contributed by atoms with Gasteiger partial charge in [-0.1, -0.05) is 11.8 Å². The summed E-state index contributed by atoms with van der Waals surface area (Å²) in [6.07, 6.45) is 0. The SMILES string of the molecule is NCC#Cc1cc(C(=O)N2CCS(=O)CC2)cs1. The second kappa shape index (κ2) is 6.14. The van der Waals surface area contributed by atoms with Gasteiger partial charge >= 0.3 is 0 Å². The Morgan fingerprint density at radius 2 is 2.22 bits per heavy atom. The van der Waals surface area contributed by atoms with Crippen molar-refractivity contribution in [3.63, 3.8) is 0 Å². The number of hydrogen-bond donors (Lipinski definition) is 1. The minimum atomic E-state index is -0.760. The van der Waals surface area contributed by atoms with Crippen LogP contribution in [0, 0.1) is 11.8 Å². The van der Waals surface area contributed by atoms with Crippen molar-refractivity contribution in [3.05, 3.63) is 21.9 Å². The fraction of sp³-hybridized carbons (Fsp3) is 0.417. The van der Waals surface area contributed by atoms with E-state index in [0.717, 1.165) is 4.88 Å². The molecule has 1 amide bonds. The van der Waals surface area contributed by atoms with E-state index in [2.05, 4.69) is 11.8 Å². The Morgan fingerprint density at radius 3 is 2.89 bits per heavy atom. The molecule has 2 N–H and O–H groups in total. The van der Waals surface area contributed by atoms with E-state index >= 15 is 0 Å². The molecule has 1 fully saturated rings. The molecular weight excluding hydrogens is 268 g/mol. The highest BCUT2D eigenvalue weighted by Crippen LogP contribution is 2.16. The molecule has 1 aliphatic rings.